The van der Waals surface area contributed by atoms with Crippen molar-refractivity contribution in [1.29, 1.82) is 0 Å². The average Bonchev–Trinajstić information content (AvgIpc) is 3.11. The van der Waals surface area contributed by atoms with Crippen molar-refractivity contribution >= 4 is 11.8 Å². The van der Waals surface area contributed by atoms with Crippen molar-refractivity contribution in [3.8, 4) is 11.4 Å². The number of hydrogen-bond acceptors (Lipinski definition) is 3. The Balaban J connectivity index is 1.77. The van der Waals surface area contributed by atoms with Crippen LogP contribution in [0.4, 0.5) is 0 Å². The van der Waals surface area contributed by atoms with Crippen LogP contribution in [0.5, 0.6) is 5.75 Å². The number of hydrogen-bond donors (Lipinski definition) is 0. The fourth-order valence-electron chi connectivity index (χ4n) is 2.15. The van der Waals surface area contributed by atoms with Gasteiger partial charge in [-0.1, -0.05) is 0 Å². The maximum atomic E-state index is 5.67. The van der Waals surface area contributed by atoms with E-state index in [-0.39, 0.29) is 5.44 Å². The summed E-state index contributed by atoms with van der Waals surface area (Å²) >= 11 is 1.86. The fraction of sp³-hybridized carbons (Fsp3) is 0.333. The molecular formula is C15H17NO2S. The van der Waals surface area contributed by atoms with Crippen LogP contribution in [0.3, 0.4) is 0 Å². The monoisotopic (exact) mass is 275 g/mol. The number of benzene rings is 1. The minimum Gasteiger partial charge on any atom is -0.494 e. The van der Waals surface area contributed by atoms with Crippen molar-refractivity contribution < 1.29 is 9.47 Å². The number of aromatic nitrogens is 1. The van der Waals surface area contributed by atoms with Crippen LogP contribution < -0.4 is 4.74 Å². The van der Waals surface area contributed by atoms with Gasteiger partial charge in [-0.3, -0.25) is 0 Å². The normalized spacial score (nSPS) is 18.7. The smallest absolute Gasteiger partial charge is 0.130 e. The number of rotatable bonds is 4. The summed E-state index contributed by atoms with van der Waals surface area (Å²) in [5, 5.41) is 0. The summed E-state index contributed by atoms with van der Waals surface area (Å²) in [7, 11) is 0. The van der Waals surface area contributed by atoms with E-state index in [1.165, 1.54) is 5.56 Å². The van der Waals surface area contributed by atoms with Crippen molar-refractivity contribution in [2.45, 2.75) is 12.4 Å². The maximum absolute atomic E-state index is 5.67. The standard InChI is InChI=1S/C15H17NO2S/c1-2-17-14-5-3-13(4-6-14)16-8-7-12(11-16)15-18-9-10-19-15/h3-8,11,15H,2,9-10H2,1H3/t15-/m1/s1. The second-order valence-corrected chi connectivity index (χ2v) is 5.52. The van der Waals surface area contributed by atoms with E-state index >= 15 is 0 Å². The van der Waals surface area contributed by atoms with Gasteiger partial charge in [-0.05, 0) is 37.3 Å². The largest absolute Gasteiger partial charge is 0.494 e. The van der Waals surface area contributed by atoms with E-state index < -0.39 is 0 Å². The molecule has 0 unspecified atom stereocenters. The molecule has 0 radical (unpaired) electrons. The Bertz CT molecular complexity index is 529. The van der Waals surface area contributed by atoms with Gasteiger partial charge in [-0.2, -0.15) is 0 Å². The summed E-state index contributed by atoms with van der Waals surface area (Å²) in [5.41, 5.74) is 2.57. The van der Waals surface area contributed by atoms with Gasteiger partial charge in [0, 0.05) is 29.4 Å². The molecule has 1 aromatic carbocycles. The molecule has 0 aliphatic carbocycles. The average molecular weight is 275 g/mol. The molecule has 100 valence electrons. The first-order valence-electron chi connectivity index (χ1n) is 6.51. The van der Waals surface area contributed by atoms with E-state index in [1.54, 1.807) is 0 Å². The number of nitrogens with zero attached hydrogens (tertiary/aromatic N) is 1. The summed E-state index contributed by atoms with van der Waals surface area (Å²) < 4.78 is 13.2. The van der Waals surface area contributed by atoms with Gasteiger partial charge in [0.15, 0.2) is 0 Å². The van der Waals surface area contributed by atoms with E-state index in [1.807, 2.05) is 30.8 Å². The third-order valence-electron chi connectivity index (χ3n) is 3.06. The molecule has 3 rings (SSSR count). The molecule has 1 atom stereocenters. The molecule has 0 spiro atoms. The van der Waals surface area contributed by atoms with E-state index in [4.69, 9.17) is 9.47 Å². The zero-order valence-corrected chi connectivity index (χ0v) is 11.7. The quantitative estimate of drug-likeness (QED) is 0.851. The SMILES string of the molecule is CCOc1ccc(-n2ccc([C@@H]3OCCS3)c2)cc1. The lowest BCUT2D eigenvalue weighted by atomic mass is 10.3. The molecular weight excluding hydrogens is 258 g/mol. The van der Waals surface area contributed by atoms with Crippen LogP contribution >= 0.6 is 11.8 Å². The third kappa shape index (κ3) is 2.80. The fourth-order valence-corrected chi connectivity index (χ4v) is 3.08. The predicted octanol–water partition coefficient (Wildman–Crippen LogP) is 3.64. The first-order chi connectivity index (χ1) is 9.36. The highest BCUT2D eigenvalue weighted by molar-refractivity contribution is 7.99. The Morgan fingerprint density at radius 3 is 2.84 bits per heavy atom. The van der Waals surface area contributed by atoms with Gasteiger partial charge in [-0.15, -0.1) is 11.8 Å². The van der Waals surface area contributed by atoms with Gasteiger partial charge in [0.2, 0.25) is 0 Å². The minimum atomic E-state index is 0.198. The molecule has 1 aliphatic rings. The Labute approximate surface area is 117 Å². The molecule has 2 heterocycles. The minimum absolute atomic E-state index is 0.198. The van der Waals surface area contributed by atoms with Crippen LogP contribution in [-0.4, -0.2) is 23.5 Å². The zero-order chi connectivity index (χ0) is 13.1. The molecule has 4 heteroatoms. The van der Waals surface area contributed by atoms with Gasteiger partial charge in [0.25, 0.3) is 0 Å². The van der Waals surface area contributed by atoms with Crippen LogP contribution in [0.25, 0.3) is 5.69 Å². The lowest BCUT2D eigenvalue weighted by Crippen LogP contribution is -1.94. The van der Waals surface area contributed by atoms with Crippen molar-refractivity contribution in [2.75, 3.05) is 19.0 Å². The third-order valence-corrected chi connectivity index (χ3v) is 4.17. The molecule has 1 saturated heterocycles. The van der Waals surface area contributed by atoms with E-state index in [0.29, 0.717) is 6.61 Å². The van der Waals surface area contributed by atoms with Crippen LogP contribution in [0.15, 0.2) is 42.7 Å². The molecule has 1 aliphatic heterocycles. The van der Waals surface area contributed by atoms with Gasteiger partial charge in [0.05, 0.1) is 13.2 Å². The molecule has 19 heavy (non-hydrogen) atoms. The second-order valence-electron chi connectivity index (χ2n) is 4.35. The Morgan fingerprint density at radius 1 is 1.32 bits per heavy atom. The van der Waals surface area contributed by atoms with Crippen molar-refractivity contribution in [3.63, 3.8) is 0 Å². The lowest BCUT2D eigenvalue weighted by molar-refractivity contribution is 0.145. The zero-order valence-electron chi connectivity index (χ0n) is 10.9. The molecule has 2 aromatic rings. The van der Waals surface area contributed by atoms with Gasteiger partial charge in [0.1, 0.15) is 11.2 Å². The summed E-state index contributed by atoms with van der Waals surface area (Å²) in [6.07, 6.45) is 4.21. The van der Waals surface area contributed by atoms with Crippen LogP contribution in [-0.2, 0) is 4.74 Å². The topological polar surface area (TPSA) is 23.4 Å². The number of thioether (sulfide) groups is 1. The highest BCUT2D eigenvalue weighted by Gasteiger charge is 2.19. The van der Waals surface area contributed by atoms with Crippen LogP contribution in [0.2, 0.25) is 0 Å². The van der Waals surface area contributed by atoms with E-state index in [9.17, 15) is 0 Å². The first-order valence-corrected chi connectivity index (χ1v) is 7.56. The lowest BCUT2D eigenvalue weighted by Gasteiger charge is -2.07. The van der Waals surface area contributed by atoms with Crippen molar-refractivity contribution in [3.05, 3.63) is 48.3 Å². The molecule has 1 fully saturated rings. The highest BCUT2D eigenvalue weighted by atomic mass is 32.2. The first kappa shape index (κ1) is 12.6. The highest BCUT2D eigenvalue weighted by Crippen LogP contribution is 2.35. The maximum Gasteiger partial charge on any atom is 0.130 e. The summed E-state index contributed by atoms with van der Waals surface area (Å²) in [5.74, 6) is 1.99. The summed E-state index contributed by atoms with van der Waals surface area (Å²) in [6, 6.07) is 10.3. The van der Waals surface area contributed by atoms with Crippen molar-refractivity contribution in [2.24, 2.45) is 0 Å². The van der Waals surface area contributed by atoms with Crippen molar-refractivity contribution in [1.82, 2.24) is 4.57 Å². The molecule has 0 N–H and O–H groups in total. The molecule has 3 nitrogen and oxygen atoms in total. The van der Waals surface area contributed by atoms with Crippen LogP contribution in [0, 0.1) is 0 Å². The van der Waals surface area contributed by atoms with Gasteiger partial charge in [-0.25, -0.2) is 0 Å². The predicted molar refractivity (Wildman–Crippen MR) is 78.1 cm³/mol. The summed E-state index contributed by atoms with van der Waals surface area (Å²) in [6.45, 7) is 3.54. The van der Waals surface area contributed by atoms with Crippen LogP contribution in [0.1, 0.15) is 17.9 Å². The Hall–Kier alpha value is -1.39. The Morgan fingerprint density at radius 2 is 2.16 bits per heavy atom. The van der Waals surface area contributed by atoms with E-state index in [2.05, 4.69) is 35.2 Å². The molecule has 0 amide bonds. The Kier molecular flexibility index (Phi) is 3.80. The second kappa shape index (κ2) is 5.72. The molecule has 0 bridgehead atoms. The van der Waals surface area contributed by atoms with E-state index in [0.717, 1.165) is 23.8 Å². The number of ether oxygens (including phenoxy) is 2. The molecule has 1 aromatic heterocycles. The molecule has 0 saturated carbocycles. The van der Waals surface area contributed by atoms with Gasteiger partial charge >= 0.3 is 0 Å². The van der Waals surface area contributed by atoms with Gasteiger partial charge < -0.3 is 14.0 Å². The summed E-state index contributed by atoms with van der Waals surface area (Å²) in [4.78, 5) is 0.